The molecule has 2 aromatic carbocycles. The number of aliphatic imine (C=N–C) groups is 1. The third-order valence-corrected chi connectivity index (χ3v) is 3.60. The van der Waals surface area contributed by atoms with Crippen molar-refractivity contribution in [3.8, 4) is 0 Å². The lowest BCUT2D eigenvalue weighted by Crippen LogP contribution is -2.21. The van der Waals surface area contributed by atoms with Gasteiger partial charge < -0.3 is 11.1 Å². The van der Waals surface area contributed by atoms with Gasteiger partial charge in [-0.3, -0.25) is 4.99 Å². The number of rotatable bonds is 5. The Labute approximate surface area is 165 Å². The maximum absolute atomic E-state index is 14.3. The summed E-state index contributed by atoms with van der Waals surface area (Å²) >= 11 is 0. The highest BCUT2D eigenvalue weighted by atomic mass is 19.4. The number of benzene rings is 2. The van der Waals surface area contributed by atoms with Gasteiger partial charge in [0.25, 0.3) is 0 Å². The first kappa shape index (κ1) is 24.1. The van der Waals surface area contributed by atoms with E-state index in [0.29, 0.717) is 6.08 Å². The molecule has 0 atom stereocenters. The molecule has 3 N–H and O–H groups in total. The zero-order chi connectivity index (χ0) is 22.2. The summed E-state index contributed by atoms with van der Waals surface area (Å²) in [6.45, 7) is 3.96. The fourth-order valence-corrected chi connectivity index (χ4v) is 2.24. The smallest absolute Gasteiger partial charge is 0.395 e. The molecule has 0 spiro atoms. The lowest BCUT2D eigenvalue weighted by Gasteiger charge is -2.12. The molecular weight excluding hydrogens is 396 g/mol. The summed E-state index contributed by atoms with van der Waals surface area (Å²) in [6, 6.07) is 7.59. The number of hydrogen-bond donors (Lipinski definition) is 2. The number of hydrogen-bond acceptors (Lipinski definition) is 3. The minimum atomic E-state index is -4.86. The molecule has 2 rings (SSSR count). The van der Waals surface area contributed by atoms with Gasteiger partial charge in [-0.25, -0.2) is 13.2 Å². The van der Waals surface area contributed by atoms with Gasteiger partial charge in [0, 0.05) is 24.8 Å². The fraction of sp³-hybridized carbons (Fsp3) is 0.250. The summed E-state index contributed by atoms with van der Waals surface area (Å²) in [5, 5.41) is 2.65. The van der Waals surface area contributed by atoms with Gasteiger partial charge in [0.2, 0.25) is 0 Å². The van der Waals surface area contributed by atoms with E-state index < -0.39 is 40.6 Å². The first-order valence-electron chi connectivity index (χ1n) is 8.61. The van der Waals surface area contributed by atoms with Crippen LogP contribution in [0.4, 0.5) is 32.0 Å². The molecule has 0 aliphatic carbocycles. The Morgan fingerprint density at radius 2 is 1.59 bits per heavy atom. The highest BCUT2D eigenvalue weighted by Gasteiger charge is 2.32. The van der Waals surface area contributed by atoms with Crippen LogP contribution in [-0.4, -0.2) is 18.9 Å². The van der Waals surface area contributed by atoms with E-state index in [9.17, 15) is 26.3 Å². The molecule has 158 valence electrons. The first-order valence-corrected chi connectivity index (χ1v) is 8.61. The van der Waals surface area contributed by atoms with Crippen molar-refractivity contribution in [2.24, 2.45) is 10.7 Å². The van der Waals surface area contributed by atoms with Crippen LogP contribution in [0.1, 0.15) is 25.0 Å². The third-order valence-electron chi connectivity index (χ3n) is 3.60. The van der Waals surface area contributed by atoms with Crippen molar-refractivity contribution in [1.29, 1.82) is 0 Å². The van der Waals surface area contributed by atoms with Crippen LogP contribution in [0, 0.1) is 17.5 Å². The van der Waals surface area contributed by atoms with Crippen molar-refractivity contribution < 1.29 is 26.3 Å². The summed E-state index contributed by atoms with van der Waals surface area (Å²) < 4.78 is 79.8. The second kappa shape index (κ2) is 10.5. The number of allylic oxidation sites excluding steroid dienone is 2. The van der Waals surface area contributed by atoms with Crippen LogP contribution >= 0.6 is 0 Å². The van der Waals surface area contributed by atoms with Crippen molar-refractivity contribution in [1.82, 2.24) is 0 Å². The van der Waals surface area contributed by atoms with Gasteiger partial charge in [0.1, 0.15) is 23.1 Å². The first-order chi connectivity index (χ1) is 13.6. The lowest BCUT2D eigenvalue weighted by atomic mass is 10.1. The summed E-state index contributed by atoms with van der Waals surface area (Å²) in [5.74, 6) is -2.77. The van der Waals surface area contributed by atoms with Gasteiger partial charge in [-0.05, 0) is 24.3 Å². The summed E-state index contributed by atoms with van der Waals surface area (Å²) in [6.07, 6.45) is -4.50. The van der Waals surface area contributed by atoms with Crippen molar-refractivity contribution in [3.05, 3.63) is 76.7 Å². The zero-order valence-electron chi connectivity index (χ0n) is 16.0. The Kier molecular flexibility index (Phi) is 8.75. The Balaban J connectivity index is 0.00000204. The molecule has 0 unspecified atom stereocenters. The highest BCUT2D eigenvalue weighted by Crippen LogP contribution is 2.25. The molecule has 3 nitrogen and oxygen atoms in total. The number of halogens is 6. The molecule has 0 heterocycles. The van der Waals surface area contributed by atoms with Crippen molar-refractivity contribution >= 4 is 11.4 Å². The number of alkyl halides is 3. The quantitative estimate of drug-likeness (QED) is 0.494. The lowest BCUT2D eigenvalue weighted by molar-refractivity contribution is -0.0925. The molecule has 0 aromatic heterocycles. The normalized spacial score (nSPS) is 12.3. The van der Waals surface area contributed by atoms with Crippen LogP contribution in [0.3, 0.4) is 0 Å². The van der Waals surface area contributed by atoms with Gasteiger partial charge in [-0.1, -0.05) is 32.0 Å². The van der Waals surface area contributed by atoms with Crippen LogP contribution in [-0.2, 0) is 6.54 Å². The van der Waals surface area contributed by atoms with E-state index in [1.807, 2.05) is 13.8 Å². The molecule has 0 saturated heterocycles. The van der Waals surface area contributed by atoms with Crippen LogP contribution in [0.5, 0.6) is 0 Å². The number of nitrogens with one attached hydrogen (secondary N) is 1. The largest absolute Gasteiger partial charge is 0.430 e. The molecule has 0 amide bonds. The molecule has 0 aliphatic rings. The summed E-state index contributed by atoms with van der Waals surface area (Å²) in [4.78, 5) is 3.48. The zero-order valence-corrected chi connectivity index (χ0v) is 16.0. The Morgan fingerprint density at radius 3 is 2.07 bits per heavy atom. The predicted octanol–water partition coefficient (Wildman–Crippen LogP) is 5.57. The average molecular weight is 417 g/mol. The van der Waals surface area contributed by atoms with Crippen molar-refractivity contribution in [2.75, 3.05) is 12.4 Å². The van der Waals surface area contributed by atoms with Gasteiger partial charge >= 0.3 is 6.18 Å². The highest BCUT2D eigenvalue weighted by molar-refractivity contribution is 6.09. The Morgan fingerprint density at radius 1 is 1.03 bits per heavy atom. The molecule has 0 radical (unpaired) electrons. The van der Waals surface area contributed by atoms with E-state index in [4.69, 9.17) is 5.73 Å². The molecule has 0 fully saturated rings. The topological polar surface area (TPSA) is 50.4 Å². The van der Waals surface area contributed by atoms with Gasteiger partial charge in [-0.15, -0.1) is 0 Å². The number of nitrogens with two attached hydrogens (primary N) is 1. The van der Waals surface area contributed by atoms with Crippen LogP contribution in [0.15, 0.2) is 53.2 Å². The van der Waals surface area contributed by atoms with Crippen molar-refractivity contribution in [3.63, 3.8) is 0 Å². The Bertz CT molecular complexity index is 865. The van der Waals surface area contributed by atoms with Crippen LogP contribution < -0.4 is 11.1 Å². The molecule has 9 heteroatoms. The molecule has 29 heavy (non-hydrogen) atoms. The third kappa shape index (κ3) is 6.55. The van der Waals surface area contributed by atoms with E-state index in [-0.39, 0.29) is 17.8 Å². The number of anilines is 1. The van der Waals surface area contributed by atoms with E-state index in [1.54, 1.807) is 6.07 Å². The van der Waals surface area contributed by atoms with Crippen LogP contribution in [0.25, 0.3) is 0 Å². The van der Waals surface area contributed by atoms with E-state index in [0.717, 1.165) is 19.2 Å². The molecular formula is C20H21F6N3. The van der Waals surface area contributed by atoms with Crippen LogP contribution in [0.2, 0.25) is 0 Å². The van der Waals surface area contributed by atoms with E-state index in [2.05, 4.69) is 10.3 Å². The predicted molar refractivity (Wildman–Crippen MR) is 102 cm³/mol. The average Bonchev–Trinajstić information content (AvgIpc) is 2.66. The maximum atomic E-state index is 14.3. The molecule has 0 bridgehead atoms. The monoisotopic (exact) mass is 417 g/mol. The summed E-state index contributed by atoms with van der Waals surface area (Å²) in [5.41, 5.74) is 2.26. The van der Waals surface area contributed by atoms with E-state index in [1.165, 1.54) is 18.2 Å². The second-order valence-corrected chi connectivity index (χ2v) is 5.47. The second-order valence-electron chi connectivity index (χ2n) is 5.47. The van der Waals surface area contributed by atoms with Gasteiger partial charge in [-0.2, -0.15) is 13.2 Å². The minimum absolute atomic E-state index is 0.0137. The standard InChI is InChI=1S/C18H15F6N3.C2H6/c1-26-15(8-16(25)18(22,23)24)17-13(20)6-11(7-14(17)21)27-9-10-4-2-3-5-12(10)19;1-2/h2-8,27H,9,25H2,1H3;1-2H3/b16-8-,26-15?;. The SMILES string of the molecule is CC.CN=C(/C=C(\N)C(F)(F)F)c1c(F)cc(NCc2ccccc2F)cc1F. The fourth-order valence-electron chi connectivity index (χ4n) is 2.24. The van der Waals surface area contributed by atoms with E-state index >= 15 is 0 Å². The molecule has 0 saturated carbocycles. The molecule has 2 aromatic rings. The van der Waals surface area contributed by atoms with Gasteiger partial charge in [0.05, 0.1) is 11.3 Å². The van der Waals surface area contributed by atoms with Crippen molar-refractivity contribution in [2.45, 2.75) is 26.6 Å². The molecule has 0 aliphatic heterocycles. The summed E-state index contributed by atoms with van der Waals surface area (Å²) in [7, 11) is 1.08. The van der Waals surface area contributed by atoms with Gasteiger partial charge in [0.15, 0.2) is 0 Å². The number of nitrogens with zero attached hydrogens (tertiary/aromatic N) is 1. The maximum Gasteiger partial charge on any atom is 0.430 e. The minimum Gasteiger partial charge on any atom is -0.395 e. The Hall–Kier alpha value is -2.97.